The average Bonchev–Trinajstić information content (AvgIpc) is 2.49. The van der Waals surface area contributed by atoms with Gasteiger partial charge in [-0.2, -0.15) is 0 Å². The second kappa shape index (κ2) is 11.0. The van der Waals surface area contributed by atoms with Crippen LogP contribution >= 0.6 is 0 Å². The summed E-state index contributed by atoms with van der Waals surface area (Å²) in [6.07, 6.45) is -3.86. The van der Waals surface area contributed by atoms with Crippen LogP contribution in [0.5, 0.6) is 0 Å². The number of carbonyl (C=O) groups excluding carboxylic acids is 4. The first-order valence-electron chi connectivity index (χ1n) is 8.15. The molecule has 0 saturated carbocycles. The van der Waals surface area contributed by atoms with E-state index in [1.54, 1.807) is 0 Å². The van der Waals surface area contributed by atoms with Crippen molar-refractivity contribution in [2.24, 2.45) is 0 Å². The molecule has 0 bridgehead atoms. The molecule has 27 heavy (non-hydrogen) atoms. The molecule has 0 N–H and O–H groups in total. The van der Waals surface area contributed by atoms with Crippen molar-refractivity contribution in [2.75, 3.05) is 6.61 Å². The van der Waals surface area contributed by atoms with E-state index in [2.05, 4.69) is 11.4 Å². The molecule has 0 spiro atoms. The van der Waals surface area contributed by atoms with E-state index in [0.717, 1.165) is 0 Å². The van der Waals surface area contributed by atoms with Gasteiger partial charge >= 0.3 is 168 Å². The predicted molar refractivity (Wildman–Crippen MR) is 95.2 cm³/mol. The number of esters is 4. The Morgan fingerprint density at radius 1 is 0.815 bits per heavy atom. The fraction of sp³-hybridized carbons (Fsp3) is 0.750. The molecule has 0 aromatic carbocycles. The van der Waals surface area contributed by atoms with E-state index < -0.39 is 66.1 Å². The molecule has 9 nitrogen and oxygen atoms in total. The first-order chi connectivity index (χ1) is 12.5. The third kappa shape index (κ3) is 8.21. The fourth-order valence-electron chi connectivity index (χ4n) is 2.48. The van der Waals surface area contributed by atoms with Crippen molar-refractivity contribution in [1.82, 2.24) is 0 Å². The molecule has 1 aliphatic rings. The van der Waals surface area contributed by atoms with Gasteiger partial charge in [0.25, 0.3) is 0 Å². The van der Waals surface area contributed by atoms with Crippen LogP contribution in [0.25, 0.3) is 0 Å². The molecule has 0 aromatic rings. The van der Waals surface area contributed by atoms with Crippen LogP contribution in [0.3, 0.4) is 0 Å². The summed E-state index contributed by atoms with van der Waals surface area (Å²) < 4.78 is 27.2. The molecule has 0 amide bonds. The van der Waals surface area contributed by atoms with Crippen LogP contribution in [0.1, 0.15) is 27.7 Å². The third-order valence-corrected chi connectivity index (χ3v) is 12.2. The quantitative estimate of drug-likeness (QED) is 0.263. The number of ether oxygens (including phenoxy) is 5. The van der Waals surface area contributed by atoms with Gasteiger partial charge in [-0.25, -0.2) is 0 Å². The van der Waals surface area contributed by atoms with E-state index >= 15 is 0 Å². The SMILES string of the molecule is CC(=O)OC[C@H]1O[C@@H]([Se][As](C)C)[C@H](OC(C)=O)[C@@H](OC(C)=O)[C@@H]1OC(C)=O. The van der Waals surface area contributed by atoms with Gasteiger partial charge in [-0.1, -0.05) is 0 Å². The predicted octanol–water partition coefficient (Wildman–Crippen LogP) is 0.0248. The van der Waals surface area contributed by atoms with Gasteiger partial charge in [0.15, 0.2) is 0 Å². The molecule has 0 aromatic heterocycles. The van der Waals surface area contributed by atoms with Crippen LogP contribution in [-0.2, 0) is 42.9 Å². The summed E-state index contributed by atoms with van der Waals surface area (Å²) in [6.45, 7) is 4.73. The minimum atomic E-state index is -1.18. The van der Waals surface area contributed by atoms with Gasteiger partial charge in [0, 0.05) is 0 Å². The molecule has 1 rings (SSSR count). The summed E-state index contributed by atoms with van der Waals surface area (Å²) in [4.78, 5) is 46.1. The second-order valence-corrected chi connectivity index (χ2v) is 21.1. The Labute approximate surface area is 167 Å². The Morgan fingerprint density at radius 3 is 1.74 bits per heavy atom. The van der Waals surface area contributed by atoms with Crippen molar-refractivity contribution in [2.45, 2.75) is 68.5 Å². The summed E-state index contributed by atoms with van der Waals surface area (Å²) in [5.41, 5.74) is 4.25. The van der Waals surface area contributed by atoms with E-state index in [9.17, 15) is 19.2 Å². The van der Waals surface area contributed by atoms with Gasteiger partial charge in [0.2, 0.25) is 0 Å². The van der Waals surface area contributed by atoms with E-state index in [1.807, 2.05) is 0 Å². The normalized spacial score (nSPS) is 27.6. The molecular formula is C16H25AsO9Se. The molecule has 154 valence electrons. The zero-order valence-corrected chi connectivity index (χ0v) is 19.7. The first kappa shape index (κ1) is 24.0. The summed E-state index contributed by atoms with van der Waals surface area (Å²) in [6, 6.07) is 0. The van der Waals surface area contributed by atoms with Crippen LogP contribution in [0, 0.1) is 0 Å². The molecule has 11 heteroatoms. The topological polar surface area (TPSA) is 114 Å². The van der Waals surface area contributed by atoms with E-state index in [-0.39, 0.29) is 19.6 Å². The molecule has 5 atom stereocenters. The Morgan fingerprint density at radius 2 is 1.30 bits per heavy atom. The number of rotatable bonds is 7. The summed E-state index contributed by atoms with van der Waals surface area (Å²) in [5, 5.41) is -0.506. The number of carbonyl (C=O) groups is 4. The average molecular weight is 515 g/mol. The van der Waals surface area contributed by atoms with Crippen molar-refractivity contribution in [3.63, 3.8) is 0 Å². The molecule has 1 aliphatic heterocycles. The monoisotopic (exact) mass is 516 g/mol. The van der Waals surface area contributed by atoms with Crippen LogP contribution in [-0.4, -0.2) is 85.6 Å². The van der Waals surface area contributed by atoms with Crippen molar-refractivity contribution >= 4 is 49.6 Å². The molecule has 1 saturated heterocycles. The van der Waals surface area contributed by atoms with Crippen LogP contribution in [0.2, 0.25) is 11.4 Å². The van der Waals surface area contributed by atoms with Gasteiger partial charge in [0.1, 0.15) is 0 Å². The van der Waals surface area contributed by atoms with Gasteiger partial charge in [-0.05, 0) is 0 Å². The van der Waals surface area contributed by atoms with Crippen molar-refractivity contribution < 1.29 is 42.9 Å². The zero-order chi connectivity index (χ0) is 20.7. The Kier molecular flexibility index (Phi) is 9.80. The molecule has 0 radical (unpaired) electrons. The Hall–Kier alpha value is -1.08. The summed E-state index contributed by atoms with van der Waals surface area (Å²) in [7, 11) is 0. The van der Waals surface area contributed by atoms with Crippen LogP contribution in [0.15, 0.2) is 0 Å². The zero-order valence-electron chi connectivity index (χ0n) is 16.1. The van der Waals surface area contributed by atoms with Gasteiger partial charge < -0.3 is 0 Å². The van der Waals surface area contributed by atoms with Gasteiger partial charge in [0.05, 0.1) is 0 Å². The van der Waals surface area contributed by atoms with E-state index in [0.29, 0.717) is 0 Å². The van der Waals surface area contributed by atoms with Gasteiger partial charge in [-0.3, -0.25) is 0 Å². The number of hydrogen-bond donors (Lipinski definition) is 0. The minimum absolute atomic E-state index is 0.0127. The second-order valence-electron chi connectivity index (χ2n) is 5.99. The third-order valence-electron chi connectivity index (χ3n) is 3.26. The van der Waals surface area contributed by atoms with E-state index in [1.165, 1.54) is 27.7 Å². The van der Waals surface area contributed by atoms with Crippen molar-refractivity contribution in [3.05, 3.63) is 0 Å². The number of hydrogen-bond acceptors (Lipinski definition) is 9. The van der Waals surface area contributed by atoms with Crippen molar-refractivity contribution in [3.8, 4) is 0 Å². The Balaban J connectivity index is 3.27. The molecular weight excluding hydrogens is 490 g/mol. The standard InChI is InChI=1S/C16H25AsO9Se/c1-8(18)22-7-12-13(23-9(2)19)14(24-10(3)20)15(25-11(4)21)16(26-12)27-17(5)6/h12-16H,7H2,1-6H3/t12-,13-,14+,15-,16+/m1/s1. The van der Waals surface area contributed by atoms with Crippen molar-refractivity contribution in [1.29, 1.82) is 0 Å². The fourth-order valence-corrected chi connectivity index (χ4v) is 10.8. The summed E-state index contributed by atoms with van der Waals surface area (Å²) in [5.74, 6) is -2.33. The van der Waals surface area contributed by atoms with E-state index in [4.69, 9.17) is 23.7 Å². The summed E-state index contributed by atoms with van der Waals surface area (Å²) >= 11 is -1.20. The molecule has 0 aliphatic carbocycles. The first-order valence-corrected chi connectivity index (χ1v) is 17.6. The maximum atomic E-state index is 11.7. The van der Waals surface area contributed by atoms with Crippen LogP contribution < -0.4 is 0 Å². The maximum absolute atomic E-state index is 11.7. The van der Waals surface area contributed by atoms with Gasteiger partial charge in [-0.15, -0.1) is 0 Å². The molecule has 1 fully saturated rings. The molecule has 0 unspecified atom stereocenters. The van der Waals surface area contributed by atoms with Crippen LogP contribution in [0.4, 0.5) is 0 Å². The Bertz CT molecular complexity index is 568. The molecule has 1 heterocycles.